The fourth-order valence-corrected chi connectivity index (χ4v) is 3.63. The molecule has 29 heavy (non-hydrogen) atoms. The number of benzene rings is 2. The van der Waals surface area contributed by atoms with Crippen molar-refractivity contribution in [3.05, 3.63) is 74.6 Å². The molecule has 1 heterocycles. The molecule has 3 rings (SSSR count). The highest BCUT2D eigenvalue weighted by molar-refractivity contribution is 14.1. The molecule has 7 heteroatoms. The van der Waals surface area contributed by atoms with E-state index in [0.717, 1.165) is 32.0 Å². The van der Waals surface area contributed by atoms with Gasteiger partial charge in [0.25, 0.3) is 5.91 Å². The van der Waals surface area contributed by atoms with Gasteiger partial charge in [-0.2, -0.15) is 5.10 Å². The van der Waals surface area contributed by atoms with Crippen LogP contribution in [0.2, 0.25) is 0 Å². The third kappa shape index (κ3) is 4.61. The third-order valence-corrected chi connectivity index (χ3v) is 5.48. The summed E-state index contributed by atoms with van der Waals surface area (Å²) in [6, 6.07) is 15.2. The number of nitrogens with one attached hydrogen (secondary N) is 1. The molecule has 2 aromatic carbocycles. The van der Waals surface area contributed by atoms with Crippen molar-refractivity contribution < 1.29 is 14.3 Å². The molecular weight excluding hydrogens is 481 g/mol. The number of aromatic nitrogens is 1. The Morgan fingerprint density at radius 3 is 2.45 bits per heavy atom. The van der Waals surface area contributed by atoms with Gasteiger partial charge < -0.3 is 14.0 Å². The summed E-state index contributed by atoms with van der Waals surface area (Å²) >= 11 is 2.16. The summed E-state index contributed by atoms with van der Waals surface area (Å²) in [5.41, 5.74) is 7.13. The van der Waals surface area contributed by atoms with Crippen LogP contribution in [0.3, 0.4) is 0 Å². The van der Waals surface area contributed by atoms with Crippen LogP contribution in [0.4, 0.5) is 0 Å². The number of nitrogens with zero attached hydrogens (tertiary/aromatic N) is 2. The van der Waals surface area contributed by atoms with Gasteiger partial charge in [-0.1, -0.05) is 0 Å². The van der Waals surface area contributed by atoms with Crippen molar-refractivity contribution in [2.75, 3.05) is 14.2 Å². The first-order valence-electron chi connectivity index (χ1n) is 8.95. The number of methoxy groups -OCH3 is 2. The molecule has 1 aromatic heterocycles. The highest BCUT2D eigenvalue weighted by atomic mass is 127. The van der Waals surface area contributed by atoms with Gasteiger partial charge in [-0.25, -0.2) is 5.43 Å². The maximum atomic E-state index is 12.4. The molecule has 1 amide bonds. The molecule has 1 N–H and O–H groups in total. The number of halogens is 1. The molecule has 0 aliphatic carbocycles. The third-order valence-electron chi connectivity index (χ3n) is 4.58. The van der Waals surface area contributed by atoms with Crippen LogP contribution in [0.5, 0.6) is 11.5 Å². The van der Waals surface area contributed by atoms with Gasteiger partial charge in [0.05, 0.1) is 24.0 Å². The SMILES string of the molecule is COc1ccc(-n2c(C)cc(/C=N\NC(=O)c3ccc(I)c(OC)c3)c2C)cc1. The normalized spacial score (nSPS) is 10.9. The van der Waals surface area contributed by atoms with Gasteiger partial charge in [0.1, 0.15) is 11.5 Å². The lowest BCUT2D eigenvalue weighted by Gasteiger charge is -2.10. The quantitative estimate of drug-likeness (QED) is 0.307. The monoisotopic (exact) mass is 503 g/mol. The Labute approximate surface area is 183 Å². The number of carbonyl (C=O) groups excluding carboxylic acids is 1. The summed E-state index contributed by atoms with van der Waals surface area (Å²) in [5.74, 6) is 1.18. The maximum absolute atomic E-state index is 12.4. The second kappa shape index (κ2) is 9.13. The first-order valence-corrected chi connectivity index (χ1v) is 10.0. The Morgan fingerprint density at radius 1 is 1.07 bits per heavy atom. The smallest absolute Gasteiger partial charge is 0.271 e. The van der Waals surface area contributed by atoms with Gasteiger partial charge in [0.15, 0.2) is 0 Å². The van der Waals surface area contributed by atoms with E-state index >= 15 is 0 Å². The van der Waals surface area contributed by atoms with E-state index in [1.807, 2.05) is 50.2 Å². The summed E-state index contributed by atoms with van der Waals surface area (Å²) in [6.07, 6.45) is 1.66. The Morgan fingerprint density at radius 2 is 1.79 bits per heavy atom. The molecule has 0 bridgehead atoms. The van der Waals surface area contributed by atoms with Crippen LogP contribution < -0.4 is 14.9 Å². The predicted octanol–water partition coefficient (Wildman–Crippen LogP) is 4.48. The molecule has 0 saturated carbocycles. The molecule has 0 atom stereocenters. The van der Waals surface area contributed by atoms with Crippen molar-refractivity contribution in [2.45, 2.75) is 13.8 Å². The largest absolute Gasteiger partial charge is 0.497 e. The van der Waals surface area contributed by atoms with E-state index in [9.17, 15) is 4.79 Å². The first kappa shape index (κ1) is 20.9. The lowest BCUT2D eigenvalue weighted by Crippen LogP contribution is -2.17. The van der Waals surface area contributed by atoms with Crippen molar-refractivity contribution >= 4 is 34.7 Å². The predicted molar refractivity (Wildman–Crippen MR) is 123 cm³/mol. The Hall–Kier alpha value is -2.81. The van der Waals surface area contributed by atoms with Crippen molar-refractivity contribution in [3.8, 4) is 17.2 Å². The van der Waals surface area contributed by atoms with Crippen molar-refractivity contribution in [1.29, 1.82) is 0 Å². The molecule has 0 aliphatic rings. The standard InChI is InChI=1S/C22H22IN3O3/c1-14-11-17(15(2)26(14)18-6-8-19(28-3)9-7-18)13-24-25-22(27)16-5-10-20(23)21(12-16)29-4/h5-13H,1-4H3,(H,25,27)/b24-13-. The highest BCUT2D eigenvalue weighted by Gasteiger charge is 2.11. The fourth-order valence-electron chi connectivity index (χ4n) is 3.07. The number of hydrazone groups is 1. The van der Waals surface area contributed by atoms with Gasteiger partial charge in [-0.3, -0.25) is 4.79 Å². The van der Waals surface area contributed by atoms with E-state index in [-0.39, 0.29) is 5.91 Å². The summed E-state index contributed by atoms with van der Waals surface area (Å²) < 4.78 is 13.6. The zero-order valence-electron chi connectivity index (χ0n) is 16.7. The van der Waals surface area contributed by atoms with Gasteiger partial charge in [-0.05, 0) is 85.0 Å². The summed E-state index contributed by atoms with van der Waals surface area (Å²) in [4.78, 5) is 12.4. The second-order valence-corrected chi connectivity index (χ2v) is 7.57. The molecule has 0 aliphatic heterocycles. The lowest BCUT2D eigenvalue weighted by atomic mass is 10.2. The number of amides is 1. The number of hydrogen-bond donors (Lipinski definition) is 1. The molecule has 0 radical (unpaired) electrons. The van der Waals surface area contributed by atoms with Crippen LogP contribution in [0.15, 0.2) is 53.6 Å². The molecule has 6 nitrogen and oxygen atoms in total. The number of aryl methyl sites for hydroxylation is 1. The van der Waals surface area contributed by atoms with Crippen LogP contribution in [0.25, 0.3) is 5.69 Å². The van der Waals surface area contributed by atoms with Crippen LogP contribution in [-0.4, -0.2) is 30.9 Å². The van der Waals surface area contributed by atoms with Crippen molar-refractivity contribution in [2.24, 2.45) is 5.10 Å². The molecule has 3 aromatic rings. The lowest BCUT2D eigenvalue weighted by molar-refractivity contribution is 0.0954. The Kier molecular flexibility index (Phi) is 6.58. The fraction of sp³-hybridized carbons (Fsp3) is 0.182. The van der Waals surface area contributed by atoms with Crippen LogP contribution in [0, 0.1) is 17.4 Å². The maximum Gasteiger partial charge on any atom is 0.271 e. The number of carbonyl (C=O) groups is 1. The van der Waals surface area contributed by atoms with Gasteiger partial charge in [-0.15, -0.1) is 0 Å². The van der Waals surface area contributed by atoms with E-state index in [4.69, 9.17) is 9.47 Å². The van der Waals surface area contributed by atoms with E-state index in [2.05, 4.69) is 37.7 Å². The first-order chi connectivity index (χ1) is 13.9. The zero-order chi connectivity index (χ0) is 21.0. The van der Waals surface area contributed by atoms with Gasteiger partial charge in [0, 0.05) is 28.2 Å². The van der Waals surface area contributed by atoms with Gasteiger partial charge in [0.2, 0.25) is 0 Å². The number of rotatable bonds is 6. The Bertz CT molecular complexity index is 1060. The second-order valence-electron chi connectivity index (χ2n) is 6.41. The van der Waals surface area contributed by atoms with E-state index in [1.54, 1.807) is 32.6 Å². The average molecular weight is 503 g/mol. The summed E-state index contributed by atoms with van der Waals surface area (Å²) in [6.45, 7) is 4.05. The molecule has 0 saturated heterocycles. The number of ether oxygens (including phenoxy) is 2. The van der Waals surface area contributed by atoms with Crippen LogP contribution in [0.1, 0.15) is 27.3 Å². The minimum Gasteiger partial charge on any atom is -0.497 e. The average Bonchev–Trinajstić information content (AvgIpc) is 3.01. The molecular formula is C22H22IN3O3. The van der Waals surface area contributed by atoms with Crippen LogP contribution in [-0.2, 0) is 0 Å². The zero-order valence-corrected chi connectivity index (χ0v) is 18.9. The highest BCUT2D eigenvalue weighted by Crippen LogP contribution is 2.23. The molecule has 0 unspecified atom stereocenters. The van der Waals surface area contributed by atoms with E-state index in [1.165, 1.54) is 0 Å². The minimum absolute atomic E-state index is 0.292. The molecule has 0 fully saturated rings. The Balaban J connectivity index is 1.76. The minimum atomic E-state index is -0.292. The van der Waals surface area contributed by atoms with Crippen LogP contribution >= 0.6 is 22.6 Å². The number of hydrogen-bond acceptors (Lipinski definition) is 4. The van der Waals surface area contributed by atoms with Crippen molar-refractivity contribution in [1.82, 2.24) is 9.99 Å². The van der Waals surface area contributed by atoms with E-state index < -0.39 is 0 Å². The summed E-state index contributed by atoms with van der Waals surface area (Å²) in [7, 11) is 3.23. The van der Waals surface area contributed by atoms with E-state index in [0.29, 0.717) is 11.3 Å². The van der Waals surface area contributed by atoms with Crippen molar-refractivity contribution in [3.63, 3.8) is 0 Å². The molecule has 0 spiro atoms. The van der Waals surface area contributed by atoms with Gasteiger partial charge >= 0.3 is 0 Å². The summed E-state index contributed by atoms with van der Waals surface area (Å²) in [5, 5.41) is 4.13. The topological polar surface area (TPSA) is 64.8 Å². The molecule has 150 valence electrons.